The highest BCUT2D eigenvalue weighted by Gasteiger charge is 2.06. The number of ether oxygens (including phenoxy) is 2. The van der Waals surface area contributed by atoms with E-state index in [-0.39, 0.29) is 5.91 Å². The van der Waals surface area contributed by atoms with Crippen LogP contribution in [0.15, 0.2) is 61.2 Å². The summed E-state index contributed by atoms with van der Waals surface area (Å²) in [4.78, 5) is 12.2. The summed E-state index contributed by atoms with van der Waals surface area (Å²) in [7, 11) is 1.56. The Bertz CT molecular complexity index is 983. The molecule has 8 heteroatoms. The summed E-state index contributed by atoms with van der Waals surface area (Å²) in [6.07, 6.45) is 4.80. The Morgan fingerprint density at radius 3 is 2.89 bits per heavy atom. The molecule has 0 unspecified atom stereocenters. The van der Waals surface area contributed by atoms with Gasteiger partial charge in [-0.1, -0.05) is 30.9 Å². The van der Waals surface area contributed by atoms with Crippen molar-refractivity contribution in [2.75, 3.05) is 19.0 Å². The van der Waals surface area contributed by atoms with Crippen LogP contribution < -0.4 is 14.8 Å². The van der Waals surface area contributed by atoms with Crippen LogP contribution in [0.2, 0.25) is 0 Å². The fraction of sp³-hybridized carbons (Fsp3) is 0.100. The molecular formula is C20H19N5O3. The molecule has 0 radical (unpaired) electrons. The SMILES string of the molecule is C=CCOc1ccc(/C=C/C(=O)Nc2cccc(-c3nn[nH]n3)c2)cc1OC. The number of methoxy groups -OCH3 is 1. The van der Waals surface area contributed by atoms with Gasteiger partial charge in [0.25, 0.3) is 0 Å². The van der Waals surface area contributed by atoms with E-state index in [0.29, 0.717) is 29.6 Å². The van der Waals surface area contributed by atoms with Crippen LogP contribution in [-0.2, 0) is 4.79 Å². The first-order chi connectivity index (χ1) is 13.7. The molecule has 3 rings (SSSR count). The van der Waals surface area contributed by atoms with E-state index in [2.05, 4.69) is 32.5 Å². The van der Waals surface area contributed by atoms with Gasteiger partial charge < -0.3 is 14.8 Å². The molecule has 1 heterocycles. The topological polar surface area (TPSA) is 102 Å². The van der Waals surface area contributed by atoms with E-state index < -0.39 is 0 Å². The van der Waals surface area contributed by atoms with Crippen LogP contribution >= 0.6 is 0 Å². The summed E-state index contributed by atoms with van der Waals surface area (Å²) < 4.78 is 10.8. The summed E-state index contributed by atoms with van der Waals surface area (Å²) in [5.74, 6) is 1.38. The highest BCUT2D eigenvalue weighted by Crippen LogP contribution is 2.28. The van der Waals surface area contributed by atoms with Gasteiger partial charge in [-0.05, 0) is 41.1 Å². The van der Waals surface area contributed by atoms with E-state index in [1.165, 1.54) is 6.08 Å². The second-order valence-electron chi connectivity index (χ2n) is 5.65. The van der Waals surface area contributed by atoms with Gasteiger partial charge in [-0.2, -0.15) is 5.21 Å². The van der Waals surface area contributed by atoms with Crippen molar-refractivity contribution in [3.63, 3.8) is 0 Å². The number of aromatic amines is 1. The zero-order valence-electron chi connectivity index (χ0n) is 15.3. The molecule has 0 saturated carbocycles. The number of nitrogens with zero attached hydrogens (tertiary/aromatic N) is 3. The van der Waals surface area contributed by atoms with Crippen LogP contribution in [0.5, 0.6) is 11.5 Å². The molecule has 0 aliphatic rings. The molecule has 1 amide bonds. The summed E-state index contributed by atoms with van der Waals surface area (Å²) >= 11 is 0. The lowest BCUT2D eigenvalue weighted by molar-refractivity contribution is -0.111. The maximum atomic E-state index is 12.2. The molecule has 3 aromatic rings. The molecule has 1 aromatic heterocycles. The van der Waals surface area contributed by atoms with Gasteiger partial charge in [-0.25, -0.2) is 0 Å². The van der Waals surface area contributed by atoms with Crippen molar-refractivity contribution in [2.45, 2.75) is 0 Å². The van der Waals surface area contributed by atoms with Crippen molar-refractivity contribution >= 4 is 17.7 Å². The molecule has 0 aliphatic heterocycles. The van der Waals surface area contributed by atoms with E-state index in [1.807, 2.05) is 12.1 Å². The zero-order valence-corrected chi connectivity index (χ0v) is 15.3. The summed E-state index contributed by atoms with van der Waals surface area (Å²) in [5.41, 5.74) is 2.18. The van der Waals surface area contributed by atoms with Gasteiger partial charge in [0.05, 0.1) is 7.11 Å². The van der Waals surface area contributed by atoms with E-state index in [0.717, 1.165) is 11.1 Å². The van der Waals surface area contributed by atoms with Crippen LogP contribution in [0.1, 0.15) is 5.56 Å². The number of benzene rings is 2. The normalized spacial score (nSPS) is 10.6. The van der Waals surface area contributed by atoms with Gasteiger partial charge in [0, 0.05) is 17.3 Å². The monoisotopic (exact) mass is 377 g/mol. The third-order valence-electron chi connectivity index (χ3n) is 3.71. The Labute approximate surface area is 161 Å². The van der Waals surface area contributed by atoms with E-state index in [1.54, 1.807) is 49.6 Å². The average Bonchev–Trinajstić information content (AvgIpc) is 3.26. The Hall–Kier alpha value is -3.94. The van der Waals surface area contributed by atoms with Crippen LogP contribution in [0.4, 0.5) is 5.69 Å². The standard InChI is InChI=1S/C20H19N5O3/c1-3-11-28-17-9-7-14(12-18(17)27-2)8-10-19(26)21-16-6-4-5-15(13-16)20-22-24-25-23-20/h3-10,12-13H,1,11H2,2H3,(H,21,26)(H,22,23,24,25)/b10-8+. The van der Waals surface area contributed by atoms with Gasteiger partial charge in [0.1, 0.15) is 6.61 Å². The predicted octanol–water partition coefficient (Wildman–Crippen LogP) is 3.09. The molecule has 0 aliphatic carbocycles. The number of tetrazole rings is 1. The van der Waals surface area contributed by atoms with Gasteiger partial charge in [0.2, 0.25) is 11.7 Å². The first-order valence-electron chi connectivity index (χ1n) is 8.44. The molecule has 0 fully saturated rings. The minimum Gasteiger partial charge on any atom is -0.493 e. The van der Waals surface area contributed by atoms with E-state index in [4.69, 9.17) is 9.47 Å². The van der Waals surface area contributed by atoms with Crippen LogP contribution in [0.3, 0.4) is 0 Å². The fourth-order valence-corrected chi connectivity index (χ4v) is 2.43. The van der Waals surface area contributed by atoms with Crippen molar-refractivity contribution in [2.24, 2.45) is 0 Å². The minimum atomic E-state index is -0.267. The Morgan fingerprint density at radius 2 is 2.14 bits per heavy atom. The van der Waals surface area contributed by atoms with Gasteiger partial charge in [-0.3, -0.25) is 4.79 Å². The van der Waals surface area contributed by atoms with Crippen molar-refractivity contribution in [1.29, 1.82) is 0 Å². The first kappa shape index (κ1) is 18.8. The first-order valence-corrected chi connectivity index (χ1v) is 8.44. The lowest BCUT2D eigenvalue weighted by Crippen LogP contribution is -2.07. The number of hydrogen-bond donors (Lipinski definition) is 2. The minimum absolute atomic E-state index is 0.267. The number of carbonyl (C=O) groups is 1. The number of aromatic nitrogens is 4. The fourth-order valence-electron chi connectivity index (χ4n) is 2.43. The summed E-state index contributed by atoms with van der Waals surface area (Å²) in [6, 6.07) is 12.6. The summed E-state index contributed by atoms with van der Waals surface area (Å²) in [5, 5.41) is 16.6. The van der Waals surface area contributed by atoms with Crippen molar-refractivity contribution in [3.05, 3.63) is 66.8 Å². The Balaban J connectivity index is 1.67. The van der Waals surface area contributed by atoms with Crippen molar-refractivity contribution < 1.29 is 14.3 Å². The average molecular weight is 377 g/mol. The molecule has 8 nitrogen and oxygen atoms in total. The molecule has 0 saturated heterocycles. The molecule has 2 aromatic carbocycles. The zero-order chi connectivity index (χ0) is 19.8. The third kappa shape index (κ3) is 4.82. The quantitative estimate of drug-likeness (QED) is 0.462. The maximum absolute atomic E-state index is 12.2. The molecule has 2 N–H and O–H groups in total. The lowest BCUT2D eigenvalue weighted by Gasteiger charge is -2.09. The highest BCUT2D eigenvalue weighted by molar-refractivity contribution is 6.02. The molecule has 142 valence electrons. The number of H-pyrrole nitrogens is 1. The van der Waals surface area contributed by atoms with Gasteiger partial charge in [-0.15, -0.1) is 10.2 Å². The van der Waals surface area contributed by atoms with Crippen LogP contribution in [-0.4, -0.2) is 40.2 Å². The summed E-state index contributed by atoms with van der Waals surface area (Å²) in [6.45, 7) is 4.00. The Morgan fingerprint density at radius 1 is 1.25 bits per heavy atom. The molecular weight excluding hydrogens is 358 g/mol. The molecule has 0 spiro atoms. The van der Waals surface area contributed by atoms with Crippen molar-refractivity contribution in [1.82, 2.24) is 20.6 Å². The molecule has 0 bridgehead atoms. The predicted molar refractivity (Wildman–Crippen MR) is 106 cm³/mol. The third-order valence-corrected chi connectivity index (χ3v) is 3.71. The van der Waals surface area contributed by atoms with E-state index in [9.17, 15) is 4.79 Å². The molecule has 0 atom stereocenters. The van der Waals surface area contributed by atoms with E-state index >= 15 is 0 Å². The lowest BCUT2D eigenvalue weighted by atomic mass is 10.1. The smallest absolute Gasteiger partial charge is 0.248 e. The number of nitrogens with one attached hydrogen (secondary N) is 2. The number of amides is 1. The van der Waals surface area contributed by atoms with Gasteiger partial charge in [0.15, 0.2) is 11.5 Å². The molecule has 28 heavy (non-hydrogen) atoms. The number of hydrogen-bond acceptors (Lipinski definition) is 6. The maximum Gasteiger partial charge on any atom is 0.248 e. The Kier molecular flexibility index (Phi) is 6.14. The number of carbonyl (C=O) groups excluding carboxylic acids is 1. The number of anilines is 1. The second-order valence-corrected chi connectivity index (χ2v) is 5.65. The number of rotatable bonds is 8. The van der Waals surface area contributed by atoms with Crippen LogP contribution in [0.25, 0.3) is 17.5 Å². The van der Waals surface area contributed by atoms with Crippen molar-refractivity contribution in [3.8, 4) is 22.9 Å². The van der Waals surface area contributed by atoms with Gasteiger partial charge >= 0.3 is 0 Å². The largest absolute Gasteiger partial charge is 0.493 e. The highest BCUT2D eigenvalue weighted by atomic mass is 16.5. The second kappa shape index (κ2) is 9.13. The van der Waals surface area contributed by atoms with Crippen LogP contribution in [0, 0.1) is 0 Å².